The van der Waals surface area contributed by atoms with E-state index in [1.807, 2.05) is 0 Å². The molecule has 0 heterocycles. The number of phosphoric acid groups is 1. The lowest BCUT2D eigenvalue weighted by Gasteiger charge is -2.18. The molecule has 0 saturated carbocycles. The van der Waals surface area contributed by atoms with Crippen LogP contribution in [0.2, 0.25) is 0 Å². The Morgan fingerprint density at radius 1 is 0.434 bits per heavy atom. The van der Waals surface area contributed by atoms with Gasteiger partial charge in [0.25, 0.3) is 0 Å². The van der Waals surface area contributed by atoms with Crippen molar-refractivity contribution in [1.29, 1.82) is 0 Å². The number of phosphoric ester groups is 1. The van der Waals surface area contributed by atoms with Gasteiger partial charge in [0.15, 0.2) is 6.10 Å². The van der Waals surface area contributed by atoms with Crippen LogP contribution < -0.4 is 0 Å². The Labute approximate surface area is 327 Å². The molecule has 316 valence electrons. The zero-order chi connectivity index (χ0) is 39.3. The minimum atomic E-state index is -4.75. The van der Waals surface area contributed by atoms with Gasteiger partial charge in [-0.1, -0.05) is 214 Å². The Morgan fingerprint density at radius 2 is 0.717 bits per heavy atom. The van der Waals surface area contributed by atoms with E-state index in [1.165, 1.54) is 161 Å². The van der Waals surface area contributed by atoms with Gasteiger partial charge in [0.2, 0.25) is 0 Å². The number of esters is 2. The SMILES string of the molecule is CC(C)CCCCCCCCCCCCCCCCCC(=O)O[C@H](COC(=O)CCCCCCCCCCCCCCCCC(C)C)COP(=O)(O)O. The summed E-state index contributed by atoms with van der Waals surface area (Å²) in [6, 6.07) is 0. The summed E-state index contributed by atoms with van der Waals surface area (Å²) in [5.74, 6) is 0.802. The average Bonchev–Trinajstić information content (AvgIpc) is 3.09. The topological polar surface area (TPSA) is 119 Å². The van der Waals surface area contributed by atoms with E-state index < -0.39 is 32.5 Å². The highest BCUT2D eigenvalue weighted by Gasteiger charge is 2.23. The maximum Gasteiger partial charge on any atom is 0.469 e. The third kappa shape index (κ3) is 43.6. The molecule has 0 aromatic carbocycles. The minimum Gasteiger partial charge on any atom is -0.462 e. The molecule has 8 nitrogen and oxygen atoms in total. The standard InChI is InChI=1S/C44H87O8P/c1-40(2)34-30-26-22-18-14-10-6-5-7-13-17-21-25-29-33-37-44(46)52-42(39-51-53(47,48)49)38-50-43(45)36-32-28-24-20-16-12-9-8-11-15-19-23-27-31-35-41(3)4/h40-42H,5-39H2,1-4H3,(H2,47,48,49)/t42-/m1/s1. The second kappa shape index (κ2) is 37.9. The second-order valence-corrected chi connectivity index (χ2v) is 17.9. The highest BCUT2D eigenvalue weighted by Crippen LogP contribution is 2.36. The van der Waals surface area contributed by atoms with Crippen LogP contribution in [-0.2, 0) is 28.2 Å². The van der Waals surface area contributed by atoms with Gasteiger partial charge >= 0.3 is 19.8 Å². The van der Waals surface area contributed by atoms with Crippen LogP contribution in [0.5, 0.6) is 0 Å². The van der Waals surface area contributed by atoms with Crippen LogP contribution in [0.25, 0.3) is 0 Å². The number of carbonyl (C=O) groups is 2. The van der Waals surface area contributed by atoms with Crippen LogP contribution in [0.15, 0.2) is 0 Å². The van der Waals surface area contributed by atoms with Crippen molar-refractivity contribution < 1.29 is 37.9 Å². The first-order chi connectivity index (χ1) is 25.5. The molecule has 0 amide bonds. The van der Waals surface area contributed by atoms with Crippen LogP contribution >= 0.6 is 7.82 Å². The molecular formula is C44H87O8P. The smallest absolute Gasteiger partial charge is 0.462 e. The molecule has 0 rings (SSSR count). The van der Waals surface area contributed by atoms with E-state index in [-0.39, 0.29) is 19.4 Å². The Bertz CT molecular complexity index is 858. The van der Waals surface area contributed by atoms with E-state index >= 15 is 0 Å². The molecular weight excluding hydrogens is 687 g/mol. The van der Waals surface area contributed by atoms with Crippen LogP contribution in [0.4, 0.5) is 0 Å². The Morgan fingerprint density at radius 3 is 1.02 bits per heavy atom. The first-order valence-corrected chi connectivity index (χ1v) is 24.1. The van der Waals surface area contributed by atoms with Gasteiger partial charge in [0.1, 0.15) is 6.61 Å². The summed E-state index contributed by atoms with van der Waals surface area (Å²) in [6.07, 6.45) is 38.3. The van der Waals surface area contributed by atoms with Crippen molar-refractivity contribution >= 4 is 19.8 Å². The summed E-state index contributed by atoms with van der Waals surface area (Å²) in [4.78, 5) is 42.9. The zero-order valence-electron chi connectivity index (χ0n) is 35.3. The molecule has 1 atom stereocenters. The number of unbranched alkanes of at least 4 members (excludes halogenated alkanes) is 27. The van der Waals surface area contributed by atoms with Gasteiger partial charge in [0, 0.05) is 12.8 Å². The van der Waals surface area contributed by atoms with E-state index in [0.29, 0.717) is 6.42 Å². The predicted molar refractivity (Wildman–Crippen MR) is 221 cm³/mol. The predicted octanol–water partition coefficient (Wildman–Crippen LogP) is 13.7. The molecule has 53 heavy (non-hydrogen) atoms. The molecule has 0 bridgehead atoms. The molecule has 0 aliphatic heterocycles. The lowest BCUT2D eigenvalue weighted by atomic mass is 10.0. The first-order valence-electron chi connectivity index (χ1n) is 22.5. The molecule has 0 radical (unpaired) electrons. The molecule has 0 aliphatic carbocycles. The summed E-state index contributed by atoms with van der Waals surface area (Å²) in [5, 5.41) is 0. The van der Waals surface area contributed by atoms with Crippen molar-refractivity contribution in [2.75, 3.05) is 13.2 Å². The average molecular weight is 775 g/mol. The molecule has 9 heteroatoms. The summed E-state index contributed by atoms with van der Waals surface area (Å²) in [7, 11) is -4.75. The number of ether oxygens (including phenoxy) is 2. The molecule has 0 spiro atoms. The fourth-order valence-corrected chi connectivity index (χ4v) is 7.22. The van der Waals surface area contributed by atoms with E-state index in [0.717, 1.165) is 43.9 Å². The van der Waals surface area contributed by atoms with Crippen LogP contribution in [0.3, 0.4) is 0 Å². The highest BCUT2D eigenvalue weighted by molar-refractivity contribution is 7.46. The largest absolute Gasteiger partial charge is 0.469 e. The number of hydrogen-bond donors (Lipinski definition) is 2. The third-order valence-electron chi connectivity index (χ3n) is 10.2. The second-order valence-electron chi connectivity index (χ2n) is 16.7. The van der Waals surface area contributed by atoms with E-state index in [2.05, 4.69) is 32.2 Å². The van der Waals surface area contributed by atoms with Crippen molar-refractivity contribution in [3.63, 3.8) is 0 Å². The Kier molecular flexibility index (Phi) is 37.3. The van der Waals surface area contributed by atoms with Gasteiger partial charge in [-0.3, -0.25) is 14.1 Å². The van der Waals surface area contributed by atoms with Gasteiger partial charge in [0.05, 0.1) is 6.61 Å². The van der Waals surface area contributed by atoms with Crippen molar-refractivity contribution in [1.82, 2.24) is 0 Å². The van der Waals surface area contributed by atoms with Crippen LogP contribution in [0, 0.1) is 11.8 Å². The normalized spacial score (nSPS) is 12.5. The summed E-state index contributed by atoms with van der Waals surface area (Å²) in [6.45, 7) is 8.42. The number of hydrogen-bond acceptors (Lipinski definition) is 6. The fraction of sp³-hybridized carbons (Fsp3) is 0.955. The molecule has 2 N–H and O–H groups in total. The summed E-state index contributed by atoms with van der Waals surface area (Å²) >= 11 is 0. The van der Waals surface area contributed by atoms with Gasteiger partial charge in [-0.15, -0.1) is 0 Å². The molecule has 0 saturated heterocycles. The molecule has 0 fully saturated rings. The van der Waals surface area contributed by atoms with Crippen molar-refractivity contribution in [3.8, 4) is 0 Å². The zero-order valence-corrected chi connectivity index (χ0v) is 36.2. The maximum absolute atomic E-state index is 12.4. The first kappa shape index (κ1) is 52.0. The maximum atomic E-state index is 12.4. The van der Waals surface area contributed by atoms with Crippen molar-refractivity contribution in [2.24, 2.45) is 11.8 Å². The van der Waals surface area contributed by atoms with E-state index in [9.17, 15) is 14.2 Å². The lowest BCUT2D eigenvalue weighted by molar-refractivity contribution is -0.161. The highest BCUT2D eigenvalue weighted by atomic mass is 31.2. The van der Waals surface area contributed by atoms with Gasteiger partial charge in [-0.2, -0.15) is 0 Å². The quantitative estimate of drug-likeness (QED) is 0.0358. The van der Waals surface area contributed by atoms with Crippen LogP contribution in [0.1, 0.15) is 240 Å². The summed E-state index contributed by atoms with van der Waals surface area (Å²) in [5.41, 5.74) is 0. The monoisotopic (exact) mass is 775 g/mol. The van der Waals surface area contributed by atoms with E-state index in [1.54, 1.807) is 0 Å². The molecule has 0 aliphatic rings. The van der Waals surface area contributed by atoms with Crippen LogP contribution in [-0.4, -0.2) is 41.0 Å². The fourth-order valence-electron chi connectivity index (χ4n) is 6.86. The summed E-state index contributed by atoms with van der Waals surface area (Å²) < 4.78 is 26.5. The van der Waals surface area contributed by atoms with Gasteiger partial charge in [-0.05, 0) is 24.7 Å². The minimum absolute atomic E-state index is 0.219. The third-order valence-corrected chi connectivity index (χ3v) is 10.7. The van der Waals surface area contributed by atoms with Crippen molar-refractivity contribution in [3.05, 3.63) is 0 Å². The Balaban J connectivity index is 3.83. The Hall–Kier alpha value is -0.950. The lowest BCUT2D eigenvalue weighted by Crippen LogP contribution is -2.29. The van der Waals surface area contributed by atoms with Crippen molar-refractivity contribution in [2.45, 2.75) is 246 Å². The number of rotatable bonds is 41. The van der Waals surface area contributed by atoms with E-state index in [4.69, 9.17) is 19.3 Å². The molecule has 0 aromatic heterocycles. The van der Waals surface area contributed by atoms with Gasteiger partial charge < -0.3 is 19.3 Å². The van der Waals surface area contributed by atoms with Gasteiger partial charge in [-0.25, -0.2) is 4.57 Å². The molecule has 0 aromatic rings. The molecule has 0 unspecified atom stereocenters. The number of carbonyl (C=O) groups excluding carboxylic acids is 2.